The van der Waals surface area contributed by atoms with E-state index in [0.717, 1.165) is 16.7 Å². The van der Waals surface area contributed by atoms with Gasteiger partial charge in [0, 0.05) is 4.47 Å². The number of hydrogen-bond donors (Lipinski definition) is 1. The van der Waals surface area contributed by atoms with Crippen LogP contribution in [0.4, 0.5) is 10.5 Å². The lowest BCUT2D eigenvalue weighted by Gasteiger charge is -2.12. The zero-order chi connectivity index (χ0) is 18.1. The van der Waals surface area contributed by atoms with Crippen molar-refractivity contribution < 1.29 is 19.4 Å². The van der Waals surface area contributed by atoms with Crippen molar-refractivity contribution in [1.29, 1.82) is 0 Å². The van der Waals surface area contributed by atoms with E-state index in [4.69, 9.17) is 4.74 Å². The van der Waals surface area contributed by atoms with E-state index in [0.29, 0.717) is 20.2 Å². The highest BCUT2D eigenvalue weighted by Crippen LogP contribution is 2.44. The molecule has 1 fully saturated rings. The summed E-state index contributed by atoms with van der Waals surface area (Å²) in [5.41, 5.74) is 1.12. The van der Waals surface area contributed by atoms with Gasteiger partial charge in [-0.2, -0.15) is 0 Å². The molecule has 1 saturated heterocycles. The number of amides is 2. The van der Waals surface area contributed by atoms with E-state index in [1.807, 2.05) is 6.07 Å². The Balaban J connectivity index is 2.02. The number of aromatic hydroxyl groups is 1. The van der Waals surface area contributed by atoms with Crippen LogP contribution >= 0.6 is 43.6 Å². The van der Waals surface area contributed by atoms with Gasteiger partial charge in [0.05, 0.1) is 22.2 Å². The molecule has 5 nitrogen and oxygen atoms in total. The fraction of sp³-hybridized carbons (Fsp3) is 0.0588. The fourth-order valence-corrected chi connectivity index (χ4v) is 3.95. The second-order valence-corrected chi connectivity index (χ2v) is 7.58. The number of benzene rings is 2. The van der Waals surface area contributed by atoms with Gasteiger partial charge >= 0.3 is 0 Å². The molecule has 0 aromatic heterocycles. The summed E-state index contributed by atoms with van der Waals surface area (Å²) >= 11 is 7.50. The van der Waals surface area contributed by atoms with E-state index in [-0.39, 0.29) is 21.6 Å². The second-order valence-electron chi connectivity index (χ2n) is 5.00. The minimum absolute atomic E-state index is 0.0519. The summed E-state index contributed by atoms with van der Waals surface area (Å²) in [6.45, 7) is 0. The third-order valence-corrected chi connectivity index (χ3v) is 6.52. The number of rotatable bonds is 3. The third kappa shape index (κ3) is 3.33. The number of phenols is 1. The van der Waals surface area contributed by atoms with Crippen LogP contribution in [0.5, 0.6) is 11.5 Å². The van der Waals surface area contributed by atoms with E-state index in [1.165, 1.54) is 7.11 Å². The molecule has 1 aliphatic heterocycles. The molecular weight excluding hydrogens is 474 g/mol. The molecule has 1 heterocycles. The Morgan fingerprint density at radius 3 is 2.48 bits per heavy atom. The number of carbonyl (C=O) groups is 2. The highest BCUT2D eigenvalue weighted by molar-refractivity contribution is 9.13. The Labute approximate surface area is 164 Å². The molecule has 0 atom stereocenters. The zero-order valence-electron chi connectivity index (χ0n) is 12.8. The summed E-state index contributed by atoms with van der Waals surface area (Å²) < 4.78 is 6.08. The van der Waals surface area contributed by atoms with Gasteiger partial charge in [-0.25, -0.2) is 4.90 Å². The summed E-state index contributed by atoms with van der Waals surface area (Å²) in [4.78, 5) is 26.3. The Morgan fingerprint density at radius 2 is 1.84 bits per heavy atom. The van der Waals surface area contributed by atoms with E-state index in [1.54, 1.807) is 36.4 Å². The van der Waals surface area contributed by atoms with Gasteiger partial charge in [-0.3, -0.25) is 9.59 Å². The molecule has 2 aromatic carbocycles. The van der Waals surface area contributed by atoms with E-state index in [9.17, 15) is 14.7 Å². The Bertz CT molecular complexity index is 899. The average Bonchev–Trinajstić information content (AvgIpc) is 2.89. The molecule has 0 bridgehead atoms. The fourth-order valence-electron chi connectivity index (χ4n) is 2.28. The Hall–Kier alpha value is -1.77. The minimum Gasteiger partial charge on any atom is -0.503 e. The molecule has 8 heteroatoms. The first-order chi connectivity index (χ1) is 11.9. The molecule has 2 aromatic rings. The number of methoxy groups -OCH3 is 1. The Kier molecular flexibility index (Phi) is 5.21. The normalized spacial score (nSPS) is 16.0. The van der Waals surface area contributed by atoms with Crippen LogP contribution in [0.15, 0.2) is 50.2 Å². The monoisotopic (exact) mass is 483 g/mol. The van der Waals surface area contributed by atoms with Gasteiger partial charge in [0.15, 0.2) is 11.5 Å². The molecule has 0 unspecified atom stereocenters. The predicted molar refractivity (Wildman–Crippen MR) is 105 cm³/mol. The first-order valence-corrected chi connectivity index (χ1v) is 9.42. The van der Waals surface area contributed by atoms with E-state index in [2.05, 4.69) is 31.9 Å². The number of nitrogens with zero attached hydrogens (tertiary/aromatic N) is 1. The number of thioether (sulfide) groups is 1. The number of para-hydroxylation sites is 1. The lowest BCUT2D eigenvalue weighted by atomic mass is 10.1. The van der Waals surface area contributed by atoms with Crippen molar-refractivity contribution in [3.8, 4) is 11.5 Å². The average molecular weight is 485 g/mol. The number of imide groups is 1. The first kappa shape index (κ1) is 18.0. The summed E-state index contributed by atoms with van der Waals surface area (Å²) in [7, 11) is 1.43. The molecule has 25 heavy (non-hydrogen) atoms. The van der Waals surface area contributed by atoms with Crippen LogP contribution in [0.25, 0.3) is 6.08 Å². The highest BCUT2D eigenvalue weighted by atomic mass is 79.9. The van der Waals surface area contributed by atoms with Crippen LogP contribution in [-0.4, -0.2) is 23.4 Å². The SMILES string of the molecule is COc1cc(/C=C2/SC(=O)N(c3ccccc3)C2=O)c(Br)c(Br)c1O. The molecule has 128 valence electrons. The number of carbonyl (C=O) groups excluding carboxylic acids is 2. The van der Waals surface area contributed by atoms with Gasteiger partial charge in [0.25, 0.3) is 11.1 Å². The number of halogens is 2. The van der Waals surface area contributed by atoms with Crippen LogP contribution in [-0.2, 0) is 4.79 Å². The molecule has 0 radical (unpaired) electrons. The quantitative estimate of drug-likeness (QED) is 0.609. The smallest absolute Gasteiger partial charge is 0.298 e. The van der Waals surface area contributed by atoms with Crippen LogP contribution in [0.1, 0.15) is 5.56 Å². The van der Waals surface area contributed by atoms with Crippen molar-refractivity contribution >= 4 is 66.5 Å². The summed E-state index contributed by atoms with van der Waals surface area (Å²) in [5, 5.41) is 9.63. The minimum atomic E-state index is -0.392. The molecule has 0 spiro atoms. The van der Waals surface area contributed by atoms with Crippen molar-refractivity contribution in [2.24, 2.45) is 0 Å². The van der Waals surface area contributed by atoms with Crippen LogP contribution in [0.2, 0.25) is 0 Å². The molecule has 1 aliphatic rings. The van der Waals surface area contributed by atoms with Crippen molar-refractivity contribution in [3.05, 3.63) is 55.8 Å². The van der Waals surface area contributed by atoms with Gasteiger partial charge in [0.2, 0.25) is 0 Å². The van der Waals surface area contributed by atoms with Crippen LogP contribution in [0, 0.1) is 0 Å². The summed E-state index contributed by atoms with van der Waals surface area (Å²) in [6.07, 6.45) is 1.59. The van der Waals surface area contributed by atoms with Gasteiger partial charge in [-0.1, -0.05) is 18.2 Å². The lowest BCUT2D eigenvalue weighted by Crippen LogP contribution is -2.27. The highest BCUT2D eigenvalue weighted by Gasteiger charge is 2.36. The van der Waals surface area contributed by atoms with Gasteiger partial charge in [-0.15, -0.1) is 0 Å². The van der Waals surface area contributed by atoms with Gasteiger partial charge in [-0.05, 0) is 73.5 Å². The van der Waals surface area contributed by atoms with Crippen molar-refractivity contribution in [3.63, 3.8) is 0 Å². The topological polar surface area (TPSA) is 66.8 Å². The van der Waals surface area contributed by atoms with Gasteiger partial charge in [0.1, 0.15) is 0 Å². The van der Waals surface area contributed by atoms with Crippen molar-refractivity contribution in [2.75, 3.05) is 12.0 Å². The predicted octanol–water partition coefficient (Wildman–Crippen LogP) is 5.17. The van der Waals surface area contributed by atoms with Crippen LogP contribution in [0.3, 0.4) is 0 Å². The molecule has 3 rings (SSSR count). The molecule has 1 N–H and O–H groups in total. The van der Waals surface area contributed by atoms with Gasteiger partial charge < -0.3 is 9.84 Å². The standard InChI is InChI=1S/C17H11Br2NO4S/c1-24-11-7-9(13(18)14(19)15(11)21)8-12-16(22)20(17(23)25-12)10-5-3-2-4-6-10/h2-8,21H,1H3/b12-8+. The number of hydrogen-bond acceptors (Lipinski definition) is 5. The molecule has 0 saturated carbocycles. The number of phenolic OH excluding ortho intramolecular Hbond substituents is 1. The summed E-state index contributed by atoms with van der Waals surface area (Å²) in [5.74, 6) is -0.191. The maximum Gasteiger partial charge on any atom is 0.298 e. The van der Waals surface area contributed by atoms with Crippen molar-refractivity contribution in [1.82, 2.24) is 0 Å². The first-order valence-electron chi connectivity index (χ1n) is 7.02. The molecule has 0 aliphatic carbocycles. The maximum atomic E-state index is 12.6. The number of ether oxygens (including phenoxy) is 1. The van der Waals surface area contributed by atoms with E-state index >= 15 is 0 Å². The van der Waals surface area contributed by atoms with Crippen molar-refractivity contribution in [2.45, 2.75) is 0 Å². The molecule has 2 amide bonds. The molecular formula is C17H11Br2NO4S. The third-order valence-electron chi connectivity index (χ3n) is 3.49. The summed E-state index contributed by atoms with van der Waals surface area (Å²) in [6, 6.07) is 10.3. The maximum absolute atomic E-state index is 12.6. The zero-order valence-corrected chi connectivity index (χ0v) is 16.8. The lowest BCUT2D eigenvalue weighted by molar-refractivity contribution is -0.113. The van der Waals surface area contributed by atoms with E-state index < -0.39 is 5.91 Å². The largest absolute Gasteiger partial charge is 0.503 e. The van der Waals surface area contributed by atoms with Crippen LogP contribution < -0.4 is 9.64 Å². The number of anilines is 1. The Morgan fingerprint density at radius 1 is 1.16 bits per heavy atom. The second kappa shape index (κ2) is 7.23.